The Morgan fingerprint density at radius 1 is 1.23 bits per heavy atom. The van der Waals surface area contributed by atoms with Gasteiger partial charge in [0.15, 0.2) is 22.8 Å². The van der Waals surface area contributed by atoms with E-state index >= 15 is 8.78 Å². The number of aliphatic hydroxyl groups excluding tert-OH is 2. The molecule has 8 heteroatoms. The van der Waals surface area contributed by atoms with E-state index < -0.39 is 70.5 Å². The molecule has 4 rings (SSSR count). The topological polar surface area (TPSA) is 104 Å². The maximum Gasteiger partial charge on any atom is 0.193 e. The van der Waals surface area contributed by atoms with Crippen LogP contribution < -0.4 is 0 Å². The minimum Gasteiger partial charge on any atom is -0.390 e. The van der Waals surface area contributed by atoms with E-state index in [4.69, 9.17) is 4.74 Å². The first-order chi connectivity index (χ1) is 14.4. The van der Waals surface area contributed by atoms with Crippen molar-refractivity contribution in [2.45, 2.75) is 69.7 Å². The van der Waals surface area contributed by atoms with E-state index in [9.17, 15) is 24.9 Å². The van der Waals surface area contributed by atoms with Gasteiger partial charge >= 0.3 is 0 Å². The maximum atomic E-state index is 16.9. The number of aliphatic hydroxyl groups is 3. The zero-order chi connectivity index (χ0) is 23.0. The van der Waals surface area contributed by atoms with Crippen LogP contribution in [-0.4, -0.2) is 69.7 Å². The number of fused-ring (bicyclic) bond motifs is 5. The smallest absolute Gasteiger partial charge is 0.193 e. The largest absolute Gasteiger partial charge is 0.390 e. The lowest BCUT2D eigenvalue weighted by Crippen LogP contribution is -2.70. The van der Waals surface area contributed by atoms with Crippen LogP contribution in [0.4, 0.5) is 8.78 Å². The van der Waals surface area contributed by atoms with Crippen molar-refractivity contribution in [3.05, 3.63) is 23.8 Å². The maximum absolute atomic E-state index is 16.9. The summed E-state index contributed by atoms with van der Waals surface area (Å²) in [6.07, 6.45) is -1.83. The number of rotatable bonds is 4. The van der Waals surface area contributed by atoms with Crippen molar-refractivity contribution in [2.75, 3.05) is 13.2 Å². The summed E-state index contributed by atoms with van der Waals surface area (Å²) in [6, 6.07) is 0. The molecule has 0 aromatic rings. The molecule has 31 heavy (non-hydrogen) atoms. The summed E-state index contributed by atoms with van der Waals surface area (Å²) in [5, 5.41) is 33.3. The molecule has 3 saturated carbocycles. The number of Topliss-reactive ketones (excluding diaryl/α,β-unsaturated/α-hetero) is 1. The lowest BCUT2D eigenvalue weighted by atomic mass is 9.44. The van der Waals surface area contributed by atoms with Gasteiger partial charge in [-0.2, -0.15) is 0 Å². The van der Waals surface area contributed by atoms with Crippen LogP contribution >= 0.6 is 0 Å². The fraction of sp³-hybridized carbons (Fsp3) is 0.739. The number of hydrogen-bond donors (Lipinski definition) is 3. The molecule has 172 valence electrons. The molecular weight excluding hydrogens is 410 g/mol. The van der Waals surface area contributed by atoms with Gasteiger partial charge in [-0.05, 0) is 56.8 Å². The summed E-state index contributed by atoms with van der Waals surface area (Å²) in [6.45, 7) is 4.53. The van der Waals surface area contributed by atoms with E-state index in [1.807, 2.05) is 0 Å². The molecule has 0 aliphatic heterocycles. The van der Waals surface area contributed by atoms with E-state index in [0.717, 1.165) is 6.08 Å². The third-order valence-corrected chi connectivity index (χ3v) is 8.71. The molecule has 6 nitrogen and oxygen atoms in total. The predicted octanol–water partition coefficient (Wildman–Crippen LogP) is 1.61. The standard InChI is InChI=1S/C23H30F2O6/c1-4-31-11-19(29)23(30)17(27)9-13-14-8-16(24)15-7-12(26)5-6-20(15,2)22(14,25)18(28)10-21(13,23)3/h5-7,13-14,16-18,27-28,30H,4,8-11H2,1-3H3/t13-,14-,16-,17+,18-,20-,21-,22-,23-/m0/s1. The second-order valence-corrected chi connectivity index (χ2v) is 9.94. The molecule has 0 amide bonds. The van der Waals surface area contributed by atoms with Gasteiger partial charge in [0, 0.05) is 23.4 Å². The molecule has 0 aromatic carbocycles. The highest BCUT2D eigenvalue weighted by Gasteiger charge is 2.77. The summed E-state index contributed by atoms with van der Waals surface area (Å²) < 4.78 is 37.4. The molecule has 0 heterocycles. The van der Waals surface area contributed by atoms with Crippen molar-refractivity contribution in [3.63, 3.8) is 0 Å². The number of allylic oxidation sites excluding steroid dienone is 4. The van der Waals surface area contributed by atoms with Crippen molar-refractivity contribution in [1.82, 2.24) is 0 Å². The van der Waals surface area contributed by atoms with Gasteiger partial charge in [-0.3, -0.25) is 9.59 Å². The van der Waals surface area contributed by atoms with E-state index in [1.54, 1.807) is 13.8 Å². The predicted molar refractivity (Wildman–Crippen MR) is 106 cm³/mol. The highest BCUT2D eigenvalue weighted by atomic mass is 19.1. The first-order valence-corrected chi connectivity index (χ1v) is 10.9. The van der Waals surface area contributed by atoms with Gasteiger partial charge in [-0.15, -0.1) is 0 Å². The Bertz CT molecular complexity index is 872. The van der Waals surface area contributed by atoms with Crippen LogP contribution in [0.1, 0.15) is 40.0 Å². The van der Waals surface area contributed by atoms with E-state index in [1.165, 1.54) is 19.1 Å². The summed E-state index contributed by atoms with van der Waals surface area (Å²) in [5.74, 6) is -2.98. The van der Waals surface area contributed by atoms with E-state index in [2.05, 4.69) is 0 Å². The fourth-order valence-electron chi connectivity index (χ4n) is 7.03. The summed E-state index contributed by atoms with van der Waals surface area (Å²) >= 11 is 0. The van der Waals surface area contributed by atoms with Crippen LogP contribution in [0.25, 0.3) is 0 Å². The van der Waals surface area contributed by atoms with Crippen molar-refractivity contribution in [3.8, 4) is 0 Å². The Morgan fingerprint density at radius 3 is 2.55 bits per heavy atom. The Balaban J connectivity index is 1.81. The van der Waals surface area contributed by atoms with Crippen molar-refractivity contribution < 1.29 is 38.4 Å². The Kier molecular flexibility index (Phi) is 5.13. The van der Waals surface area contributed by atoms with Gasteiger partial charge in [0.1, 0.15) is 12.8 Å². The first kappa shape index (κ1) is 22.7. The van der Waals surface area contributed by atoms with Gasteiger partial charge in [0.05, 0.1) is 12.2 Å². The summed E-state index contributed by atoms with van der Waals surface area (Å²) in [5.41, 5.74) is -7.48. The van der Waals surface area contributed by atoms with Gasteiger partial charge in [0.2, 0.25) is 0 Å². The molecule has 4 aliphatic rings. The van der Waals surface area contributed by atoms with Gasteiger partial charge in [-0.25, -0.2) is 8.78 Å². The molecular formula is C23H30F2O6. The number of carbonyl (C=O) groups is 2. The van der Waals surface area contributed by atoms with Crippen molar-refractivity contribution in [1.29, 1.82) is 0 Å². The van der Waals surface area contributed by atoms with Crippen molar-refractivity contribution >= 4 is 11.6 Å². The van der Waals surface area contributed by atoms with E-state index in [0.29, 0.717) is 0 Å². The second-order valence-electron chi connectivity index (χ2n) is 9.94. The molecule has 0 unspecified atom stereocenters. The minimum atomic E-state index is -2.32. The normalized spacial score (nSPS) is 51.0. The molecule has 3 fully saturated rings. The van der Waals surface area contributed by atoms with Crippen LogP contribution in [0.2, 0.25) is 0 Å². The number of halogens is 2. The molecule has 0 aromatic heterocycles. The molecule has 0 spiro atoms. The highest BCUT2D eigenvalue weighted by molar-refractivity contribution is 6.01. The molecule has 0 bridgehead atoms. The molecule has 9 atom stereocenters. The zero-order valence-electron chi connectivity index (χ0n) is 18.0. The highest BCUT2D eigenvalue weighted by Crippen LogP contribution is 2.70. The lowest BCUT2D eigenvalue weighted by Gasteiger charge is -2.62. The number of hydrogen-bond acceptors (Lipinski definition) is 6. The van der Waals surface area contributed by atoms with Crippen LogP contribution in [0.3, 0.4) is 0 Å². The summed E-state index contributed by atoms with van der Waals surface area (Å²) in [4.78, 5) is 24.7. The van der Waals surface area contributed by atoms with Crippen LogP contribution in [0.5, 0.6) is 0 Å². The summed E-state index contributed by atoms with van der Waals surface area (Å²) in [7, 11) is 0. The third-order valence-electron chi connectivity index (χ3n) is 8.71. The monoisotopic (exact) mass is 440 g/mol. The Hall–Kier alpha value is -1.48. The number of ketones is 2. The molecule has 0 saturated heterocycles. The van der Waals surface area contributed by atoms with Gasteiger partial charge in [-0.1, -0.05) is 13.0 Å². The van der Waals surface area contributed by atoms with Gasteiger partial charge < -0.3 is 20.1 Å². The number of ether oxygens (including phenoxy) is 1. The van der Waals surface area contributed by atoms with Crippen LogP contribution in [0.15, 0.2) is 23.8 Å². The number of alkyl halides is 2. The zero-order valence-corrected chi connectivity index (χ0v) is 18.0. The minimum absolute atomic E-state index is 0.00244. The average Bonchev–Trinajstić information content (AvgIpc) is 2.91. The van der Waals surface area contributed by atoms with Crippen molar-refractivity contribution in [2.24, 2.45) is 22.7 Å². The Labute approximate surface area is 180 Å². The van der Waals surface area contributed by atoms with Gasteiger partial charge in [0.25, 0.3) is 0 Å². The van der Waals surface area contributed by atoms with Crippen LogP contribution in [-0.2, 0) is 14.3 Å². The fourth-order valence-corrected chi connectivity index (χ4v) is 7.03. The quantitative estimate of drug-likeness (QED) is 0.614. The SMILES string of the molecule is CCOCC(=O)[C@@]1(O)[C@H](O)C[C@H]2[C@@H]3C[C@H](F)C4=CC(=O)C=C[C@]4(C)[C@@]3(F)[C@@H](O)C[C@@]21C. The van der Waals surface area contributed by atoms with Crippen LogP contribution in [0, 0.1) is 22.7 Å². The lowest BCUT2D eigenvalue weighted by molar-refractivity contribution is -0.226. The average molecular weight is 440 g/mol. The molecule has 3 N–H and O–H groups in total. The number of carbonyl (C=O) groups excluding carboxylic acids is 2. The third kappa shape index (κ3) is 2.62. The Morgan fingerprint density at radius 2 is 1.90 bits per heavy atom. The molecule has 0 radical (unpaired) electrons. The molecule has 4 aliphatic carbocycles. The second kappa shape index (κ2) is 7.01. The van der Waals surface area contributed by atoms with E-state index in [-0.39, 0.29) is 31.4 Å². The first-order valence-electron chi connectivity index (χ1n) is 10.9.